The number of aromatic nitrogens is 1. The fraction of sp³-hybridized carbons (Fsp3) is 0.207. The number of carbonyl (C=O) groups is 2. The predicted molar refractivity (Wildman–Crippen MR) is 146 cm³/mol. The molecule has 1 aromatic heterocycles. The summed E-state index contributed by atoms with van der Waals surface area (Å²) in [5.74, 6) is -0.798. The van der Waals surface area contributed by atoms with Gasteiger partial charge in [0.1, 0.15) is 5.76 Å². The number of ketones is 1. The van der Waals surface area contributed by atoms with Crippen LogP contribution < -0.4 is 19.1 Å². The number of methoxy groups -OCH3 is 3. The van der Waals surface area contributed by atoms with Crippen molar-refractivity contribution in [2.45, 2.75) is 19.4 Å². The lowest BCUT2D eigenvalue weighted by Gasteiger charge is -2.24. The lowest BCUT2D eigenvalue weighted by atomic mass is 9.95. The molecule has 1 fully saturated rings. The number of carbonyl (C=O) groups excluding carboxylic acids is 2. The number of fused-ring (bicyclic) bond motifs is 1. The first kappa shape index (κ1) is 25.3. The van der Waals surface area contributed by atoms with Crippen LogP contribution in [0.25, 0.3) is 16.0 Å². The van der Waals surface area contributed by atoms with Gasteiger partial charge in [-0.25, -0.2) is 4.98 Å². The number of hydrogen-bond acceptors (Lipinski definition) is 8. The number of benzene rings is 3. The van der Waals surface area contributed by atoms with E-state index in [2.05, 4.69) is 6.92 Å². The summed E-state index contributed by atoms with van der Waals surface area (Å²) in [5, 5.41) is 11.7. The Balaban J connectivity index is 1.77. The van der Waals surface area contributed by atoms with E-state index in [-0.39, 0.29) is 11.3 Å². The molecule has 5 rings (SSSR count). The van der Waals surface area contributed by atoms with E-state index in [1.807, 2.05) is 18.2 Å². The van der Waals surface area contributed by atoms with Gasteiger partial charge in [0.2, 0.25) is 5.75 Å². The van der Waals surface area contributed by atoms with E-state index in [9.17, 15) is 14.7 Å². The van der Waals surface area contributed by atoms with E-state index in [1.165, 1.54) is 37.6 Å². The highest BCUT2D eigenvalue weighted by Crippen LogP contribution is 2.48. The van der Waals surface area contributed by atoms with Crippen LogP contribution in [0.5, 0.6) is 17.2 Å². The highest BCUT2D eigenvalue weighted by molar-refractivity contribution is 7.22. The number of hydrogen-bond donors (Lipinski definition) is 1. The summed E-state index contributed by atoms with van der Waals surface area (Å²) in [6, 6.07) is 16.9. The molecule has 38 heavy (non-hydrogen) atoms. The number of Topliss-reactive ketones (excluding diaryl/α,β-unsaturated/α-hetero) is 1. The molecule has 9 heteroatoms. The summed E-state index contributed by atoms with van der Waals surface area (Å²) in [5.41, 5.74) is 2.71. The van der Waals surface area contributed by atoms with E-state index in [1.54, 1.807) is 42.5 Å². The summed E-state index contributed by atoms with van der Waals surface area (Å²) in [4.78, 5) is 33.1. The number of aliphatic hydroxyl groups is 1. The Kier molecular flexibility index (Phi) is 6.77. The maximum absolute atomic E-state index is 13.6. The van der Waals surface area contributed by atoms with E-state index in [0.717, 1.165) is 22.2 Å². The molecule has 1 aliphatic heterocycles. The molecule has 0 spiro atoms. The monoisotopic (exact) mass is 530 g/mol. The molecule has 4 aromatic rings. The zero-order valence-corrected chi connectivity index (χ0v) is 22.2. The zero-order valence-electron chi connectivity index (χ0n) is 21.3. The lowest BCUT2D eigenvalue weighted by Crippen LogP contribution is -2.29. The van der Waals surface area contributed by atoms with Crippen molar-refractivity contribution in [3.05, 3.63) is 82.9 Å². The molecule has 0 radical (unpaired) electrons. The SMILES string of the molecule is CCc1ccc2nc(N3C(=O)C(=O)/C(=C(/O)c4ccccc4)[C@H]3c3cc(OC)c(OC)c(OC)c3)sc2c1. The number of thiazole rings is 1. The van der Waals surface area contributed by atoms with E-state index >= 15 is 0 Å². The first-order chi connectivity index (χ1) is 18.4. The van der Waals surface area contributed by atoms with Crippen molar-refractivity contribution in [2.24, 2.45) is 0 Å². The van der Waals surface area contributed by atoms with Gasteiger partial charge in [-0.15, -0.1) is 0 Å². The molecule has 0 aliphatic carbocycles. The second kappa shape index (κ2) is 10.2. The quantitative estimate of drug-likeness (QED) is 0.191. The first-order valence-corrected chi connectivity index (χ1v) is 12.8. The van der Waals surface area contributed by atoms with Crippen molar-refractivity contribution in [3.8, 4) is 17.2 Å². The minimum absolute atomic E-state index is 0.0519. The van der Waals surface area contributed by atoms with Crippen LogP contribution in [-0.2, 0) is 16.0 Å². The van der Waals surface area contributed by atoms with Gasteiger partial charge < -0.3 is 19.3 Å². The van der Waals surface area contributed by atoms with Crippen molar-refractivity contribution >= 4 is 44.1 Å². The molecule has 0 bridgehead atoms. The Morgan fingerprint density at radius 1 is 0.974 bits per heavy atom. The number of ether oxygens (including phenoxy) is 3. The summed E-state index contributed by atoms with van der Waals surface area (Å²) in [7, 11) is 4.47. The minimum atomic E-state index is -0.991. The predicted octanol–water partition coefficient (Wildman–Crippen LogP) is 5.51. The number of rotatable bonds is 7. The highest BCUT2D eigenvalue weighted by atomic mass is 32.1. The van der Waals surface area contributed by atoms with Crippen LogP contribution in [0.4, 0.5) is 5.13 Å². The molecule has 8 nitrogen and oxygen atoms in total. The van der Waals surface area contributed by atoms with Crippen molar-refractivity contribution in [1.29, 1.82) is 0 Å². The topological polar surface area (TPSA) is 98.2 Å². The van der Waals surface area contributed by atoms with Crippen LogP contribution in [0, 0.1) is 0 Å². The molecule has 2 heterocycles. The van der Waals surface area contributed by atoms with Crippen molar-refractivity contribution in [1.82, 2.24) is 4.98 Å². The maximum Gasteiger partial charge on any atom is 0.301 e. The second-order valence-electron chi connectivity index (χ2n) is 8.65. The molecule has 1 aliphatic rings. The smallest absolute Gasteiger partial charge is 0.301 e. The van der Waals surface area contributed by atoms with Crippen molar-refractivity contribution < 1.29 is 28.9 Å². The molecule has 1 N–H and O–H groups in total. The Morgan fingerprint density at radius 2 is 1.66 bits per heavy atom. The third-order valence-electron chi connectivity index (χ3n) is 6.55. The van der Waals surface area contributed by atoms with Gasteiger partial charge >= 0.3 is 5.91 Å². The van der Waals surface area contributed by atoms with Crippen molar-refractivity contribution in [2.75, 3.05) is 26.2 Å². The van der Waals surface area contributed by atoms with E-state index < -0.39 is 17.7 Å². The van der Waals surface area contributed by atoms with Gasteiger partial charge in [-0.1, -0.05) is 54.7 Å². The van der Waals surface area contributed by atoms with Gasteiger partial charge in [0.25, 0.3) is 5.78 Å². The number of nitrogens with zero attached hydrogens (tertiary/aromatic N) is 2. The van der Waals surface area contributed by atoms with Crippen LogP contribution in [-0.4, -0.2) is 43.1 Å². The molecule has 194 valence electrons. The average Bonchev–Trinajstić information content (AvgIpc) is 3.49. The van der Waals surface area contributed by atoms with Gasteiger partial charge in [-0.05, 0) is 41.8 Å². The van der Waals surface area contributed by atoms with Gasteiger partial charge in [0.05, 0.1) is 43.2 Å². The van der Waals surface area contributed by atoms with Crippen molar-refractivity contribution in [3.63, 3.8) is 0 Å². The normalized spacial score (nSPS) is 16.7. The molecule has 0 saturated carbocycles. The molecular formula is C29H26N2O6S. The average molecular weight is 531 g/mol. The van der Waals surface area contributed by atoms with Crippen LogP contribution in [0.2, 0.25) is 0 Å². The number of amides is 1. The Bertz CT molecular complexity index is 1550. The molecule has 1 saturated heterocycles. The Hall–Kier alpha value is -4.37. The van der Waals surface area contributed by atoms with E-state index in [4.69, 9.17) is 19.2 Å². The van der Waals surface area contributed by atoms with Crippen LogP contribution in [0.15, 0.2) is 66.2 Å². The minimum Gasteiger partial charge on any atom is -0.507 e. The molecule has 3 aromatic carbocycles. The molecule has 1 atom stereocenters. The number of aliphatic hydroxyl groups excluding tert-OH is 1. The fourth-order valence-corrected chi connectivity index (χ4v) is 5.69. The van der Waals surface area contributed by atoms with Crippen LogP contribution >= 0.6 is 11.3 Å². The van der Waals surface area contributed by atoms with Gasteiger partial charge in [0.15, 0.2) is 16.6 Å². The number of anilines is 1. The first-order valence-electron chi connectivity index (χ1n) is 12.0. The maximum atomic E-state index is 13.6. The fourth-order valence-electron chi connectivity index (χ4n) is 4.64. The Morgan fingerprint density at radius 3 is 2.26 bits per heavy atom. The summed E-state index contributed by atoms with van der Waals surface area (Å²) < 4.78 is 17.4. The lowest BCUT2D eigenvalue weighted by molar-refractivity contribution is -0.132. The third kappa shape index (κ3) is 4.14. The third-order valence-corrected chi connectivity index (χ3v) is 7.57. The zero-order chi connectivity index (χ0) is 27.0. The number of aryl methyl sites for hydroxylation is 1. The van der Waals surface area contributed by atoms with Crippen LogP contribution in [0.1, 0.15) is 29.7 Å². The largest absolute Gasteiger partial charge is 0.507 e. The Labute approximate surface area is 223 Å². The summed E-state index contributed by atoms with van der Waals surface area (Å²) >= 11 is 1.32. The summed E-state index contributed by atoms with van der Waals surface area (Å²) in [6.45, 7) is 2.07. The molecular weight excluding hydrogens is 504 g/mol. The molecule has 0 unspecified atom stereocenters. The van der Waals surface area contributed by atoms with Gasteiger partial charge in [-0.2, -0.15) is 0 Å². The van der Waals surface area contributed by atoms with Gasteiger partial charge in [-0.3, -0.25) is 14.5 Å². The van der Waals surface area contributed by atoms with E-state index in [0.29, 0.717) is 33.5 Å². The van der Waals surface area contributed by atoms with Gasteiger partial charge in [0, 0.05) is 5.56 Å². The second-order valence-corrected chi connectivity index (χ2v) is 9.65. The standard InChI is InChI=1S/C29H26N2O6S/c1-5-16-11-12-19-22(13-16)38-29(30-19)31-24(18-14-20(35-2)27(37-4)21(15-18)36-3)23(26(33)28(31)34)25(32)17-9-7-6-8-10-17/h6-15,24,32H,5H2,1-4H3/b25-23+/t24-/m1/s1. The molecule has 1 amide bonds. The van der Waals surface area contributed by atoms with Crippen LogP contribution in [0.3, 0.4) is 0 Å². The highest BCUT2D eigenvalue weighted by Gasteiger charge is 2.48. The summed E-state index contributed by atoms with van der Waals surface area (Å²) in [6.07, 6.45) is 0.857.